The molecule has 1 aliphatic rings. The summed E-state index contributed by atoms with van der Waals surface area (Å²) in [6.07, 6.45) is 0.745. The van der Waals surface area contributed by atoms with E-state index in [-0.39, 0.29) is 11.9 Å². The Morgan fingerprint density at radius 1 is 1.56 bits per heavy atom. The molecule has 5 heteroatoms. The van der Waals surface area contributed by atoms with Crippen molar-refractivity contribution < 1.29 is 9.53 Å². The van der Waals surface area contributed by atoms with Gasteiger partial charge in [-0.2, -0.15) is 0 Å². The highest BCUT2D eigenvalue weighted by molar-refractivity contribution is 6.55. The Hall–Kier alpha value is -0.610. The Balaban J connectivity index is 2.42. The van der Waals surface area contributed by atoms with E-state index in [0.29, 0.717) is 12.3 Å². The van der Waals surface area contributed by atoms with Crippen LogP contribution in [0.3, 0.4) is 0 Å². The molecule has 18 heavy (non-hydrogen) atoms. The number of rotatable bonds is 4. The highest BCUT2D eigenvalue weighted by atomic mass is 35.5. The van der Waals surface area contributed by atoms with Gasteiger partial charge >= 0.3 is 0 Å². The highest BCUT2D eigenvalue weighted by Gasteiger charge is 2.24. The topological polar surface area (TPSA) is 38.3 Å². The Morgan fingerprint density at radius 3 is 2.89 bits per heavy atom. The third-order valence-electron chi connectivity index (χ3n) is 3.09. The average Bonchev–Trinajstić information content (AvgIpc) is 2.90. The van der Waals surface area contributed by atoms with Gasteiger partial charge in [0, 0.05) is 12.1 Å². The zero-order valence-corrected chi connectivity index (χ0v) is 11.6. The number of hydrogen-bond acceptors (Lipinski definition) is 3. The zero-order chi connectivity index (χ0) is 13.1. The van der Waals surface area contributed by atoms with E-state index in [9.17, 15) is 4.79 Å². The first-order valence-corrected chi connectivity index (χ1v) is 6.79. The van der Waals surface area contributed by atoms with Gasteiger partial charge in [-0.3, -0.25) is 10.1 Å². The molecule has 1 aromatic rings. The molecule has 1 atom stereocenters. The van der Waals surface area contributed by atoms with Crippen molar-refractivity contribution in [3.63, 3.8) is 0 Å². The second-order valence-corrected chi connectivity index (χ2v) is 5.24. The largest absolute Gasteiger partial charge is 0.357 e. The lowest BCUT2D eigenvalue weighted by Gasteiger charge is -2.17. The number of nitrogens with one attached hydrogen (secondary N) is 1. The molecule has 98 valence electrons. The molecule has 0 spiro atoms. The minimum Gasteiger partial charge on any atom is -0.357 e. The molecule has 0 aromatic heterocycles. The summed E-state index contributed by atoms with van der Waals surface area (Å²) in [6.45, 7) is 3.31. The second-order valence-electron chi connectivity index (χ2n) is 4.15. The summed E-state index contributed by atoms with van der Waals surface area (Å²) >= 11 is 11.4. The van der Waals surface area contributed by atoms with Crippen molar-refractivity contribution >= 4 is 29.0 Å². The first-order chi connectivity index (χ1) is 8.65. The van der Waals surface area contributed by atoms with Crippen LogP contribution < -0.4 is 5.32 Å². The molecule has 0 amide bonds. The number of hydrogen-bond donors (Lipinski definition) is 1. The summed E-state index contributed by atoms with van der Waals surface area (Å²) in [5.41, 5.74) is 2.62. The first kappa shape index (κ1) is 13.8. The molecule has 1 heterocycles. The van der Waals surface area contributed by atoms with E-state index in [2.05, 4.69) is 5.32 Å². The lowest BCUT2D eigenvalue weighted by Crippen LogP contribution is -2.15. The monoisotopic (exact) mass is 287 g/mol. The van der Waals surface area contributed by atoms with Crippen LogP contribution in [0.2, 0.25) is 0 Å². The van der Waals surface area contributed by atoms with Crippen LogP contribution in [0.25, 0.3) is 0 Å². The quantitative estimate of drug-likeness (QED) is 0.684. The van der Waals surface area contributed by atoms with E-state index in [4.69, 9.17) is 27.9 Å². The van der Waals surface area contributed by atoms with E-state index in [1.807, 2.05) is 19.1 Å². The molecule has 0 saturated carbocycles. The minimum atomic E-state index is -1.02. The van der Waals surface area contributed by atoms with Gasteiger partial charge in [-0.05, 0) is 17.5 Å². The molecule has 1 fully saturated rings. The molecular formula is C13H15Cl2NO2. The highest BCUT2D eigenvalue weighted by Crippen LogP contribution is 2.28. The summed E-state index contributed by atoms with van der Waals surface area (Å²) in [5.74, 6) is -0.247. The van der Waals surface area contributed by atoms with Crippen molar-refractivity contribution in [3.8, 4) is 0 Å². The molecule has 1 aliphatic heterocycles. The summed E-state index contributed by atoms with van der Waals surface area (Å²) in [6, 6.07) is 5.61. The number of Topliss-reactive ketones (excluding diaryl/α,β-unsaturated/α-hetero) is 1. The van der Waals surface area contributed by atoms with Gasteiger partial charge in [-0.1, -0.05) is 48.3 Å². The van der Waals surface area contributed by atoms with E-state index in [1.165, 1.54) is 0 Å². The van der Waals surface area contributed by atoms with Crippen LogP contribution in [0, 0.1) is 0 Å². The van der Waals surface area contributed by atoms with Crippen LogP contribution in [0.4, 0.5) is 0 Å². The van der Waals surface area contributed by atoms with Crippen molar-refractivity contribution in [2.75, 3.05) is 13.3 Å². The van der Waals surface area contributed by atoms with Crippen molar-refractivity contribution in [1.82, 2.24) is 5.32 Å². The molecule has 1 aromatic carbocycles. The van der Waals surface area contributed by atoms with Gasteiger partial charge in [0.2, 0.25) is 0 Å². The molecule has 2 rings (SSSR count). The second kappa shape index (κ2) is 6.02. The Morgan fingerprint density at radius 2 is 2.33 bits per heavy atom. The summed E-state index contributed by atoms with van der Waals surface area (Å²) in [7, 11) is 0. The van der Waals surface area contributed by atoms with Crippen LogP contribution in [-0.2, 0) is 11.2 Å². The van der Waals surface area contributed by atoms with E-state index >= 15 is 0 Å². The van der Waals surface area contributed by atoms with Gasteiger partial charge in [0.25, 0.3) is 0 Å². The summed E-state index contributed by atoms with van der Waals surface area (Å²) in [5, 5.41) is 3.13. The van der Waals surface area contributed by atoms with Gasteiger partial charge in [0.05, 0.1) is 12.8 Å². The van der Waals surface area contributed by atoms with Crippen molar-refractivity contribution in [2.45, 2.75) is 24.3 Å². The van der Waals surface area contributed by atoms with Crippen LogP contribution in [-0.4, -0.2) is 23.9 Å². The third-order valence-corrected chi connectivity index (χ3v) is 3.49. The number of carbonyl (C=O) groups is 1. The van der Waals surface area contributed by atoms with Gasteiger partial charge in [0.15, 0.2) is 10.6 Å². The molecule has 0 bridgehead atoms. The van der Waals surface area contributed by atoms with Gasteiger partial charge in [0.1, 0.15) is 0 Å². The maximum absolute atomic E-state index is 12.0. The Kier molecular flexibility index (Phi) is 4.62. The van der Waals surface area contributed by atoms with Crippen LogP contribution >= 0.6 is 23.2 Å². The molecule has 0 radical (unpaired) electrons. The first-order valence-electron chi connectivity index (χ1n) is 5.91. The van der Waals surface area contributed by atoms with Crippen molar-refractivity contribution in [3.05, 3.63) is 34.9 Å². The standard InChI is InChI=1S/C13H15Cl2NO2/c1-2-8-9(11-6-16-7-18-11)4-3-5-10(8)12(17)13(14)15/h3-5,11,13,16H,2,6-7H2,1H3. The van der Waals surface area contributed by atoms with Gasteiger partial charge < -0.3 is 4.74 Å². The van der Waals surface area contributed by atoms with E-state index < -0.39 is 4.84 Å². The van der Waals surface area contributed by atoms with Crippen LogP contribution in [0.15, 0.2) is 18.2 Å². The fourth-order valence-electron chi connectivity index (χ4n) is 2.26. The minimum absolute atomic E-state index is 0.00296. The Labute approximate surface area is 116 Å². The molecular weight excluding hydrogens is 273 g/mol. The predicted octanol–water partition coefficient (Wildman–Crippen LogP) is 2.85. The molecule has 3 nitrogen and oxygen atoms in total. The fourth-order valence-corrected chi connectivity index (χ4v) is 2.49. The van der Waals surface area contributed by atoms with E-state index in [1.54, 1.807) is 6.07 Å². The molecule has 1 saturated heterocycles. The third kappa shape index (κ3) is 2.69. The van der Waals surface area contributed by atoms with E-state index in [0.717, 1.165) is 24.1 Å². The van der Waals surface area contributed by atoms with Crippen LogP contribution in [0.5, 0.6) is 0 Å². The lowest BCUT2D eigenvalue weighted by atomic mass is 9.93. The Bertz CT molecular complexity index is 443. The average molecular weight is 288 g/mol. The number of carbonyl (C=O) groups excluding carboxylic acids is 1. The number of ether oxygens (including phenoxy) is 1. The van der Waals surface area contributed by atoms with Gasteiger partial charge in [-0.25, -0.2) is 0 Å². The number of ketones is 1. The number of alkyl halides is 2. The molecule has 1 N–H and O–H groups in total. The number of halogens is 2. The maximum Gasteiger partial charge on any atom is 0.195 e. The smallest absolute Gasteiger partial charge is 0.195 e. The normalized spacial score (nSPS) is 19.4. The van der Waals surface area contributed by atoms with Crippen LogP contribution in [0.1, 0.15) is 34.5 Å². The number of benzene rings is 1. The maximum atomic E-state index is 12.0. The predicted molar refractivity (Wildman–Crippen MR) is 72.3 cm³/mol. The summed E-state index contributed by atoms with van der Waals surface area (Å²) in [4.78, 5) is 11.0. The lowest BCUT2D eigenvalue weighted by molar-refractivity contribution is 0.100. The molecule has 1 unspecified atom stereocenters. The molecule has 0 aliphatic carbocycles. The fraction of sp³-hybridized carbons (Fsp3) is 0.462. The zero-order valence-electron chi connectivity index (χ0n) is 10.1. The summed E-state index contributed by atoms with van der Waals surface area (Å²) < 4.78 is 5.59. The van der Waals surface area contributed by atoms with Crippen molar-refractivity contribution in [2.24, 2.45) is 0 Å². The van der Waals surface area contributed by atoms with Gasteiger partial charge in [-0.15, -0.1) is 0 Å². The SMILES string of the molecule is CCc1c(C(=O)C(Cl)Cl)cccc1C1CNCO1. The van der Waals surface area contributed by atoms with Crippen molar-refractivity contribution in [1.29, 1.82) is 0 Å².